The Labute approximate surface area is 106 Å². The number of anilines is 1. The van der Waals surface area contributed by atoms with Gasteiger partial charge in [-0.2, -0.15) is 0 Å². The fourth-order valence-electron chi connectivity index (χ4n) is 2.55. The smallest absolute Gasteiger partial charge is 0.0444 e. The number of para-hydroxylation sites is 1. The molecular formula is C15H14ClN. The highest BCUT2D eigenvalue weighted by Gasteiger charge is 2.22. The van der Waals surface area contributed by atoms with Gasteiger partial charge in [-0.15, -0.1) is 0 Å². The number of halogens is 1. The Morgan fingerprint density at radius 1 is 0.941 bits per heavy atom. The molecule has 0 radical (unpaired) electrons. The summed E-state index contributed by atoms with van der Waals surface area (Å²) >= 11 is 6.30. The van der Waals surface area contributed by atoms with Crippen LogP contribution in [-0.4, -0.2) is 6.54 Å². The quantitative estimate of drug-likeness (QED) is 0.788. The first-order chi connectivity index (χ1) is 8.36. The van der Waals surface area contributed by atoms with Crippen molar-refractivity contribution in [1.29, 1.82) is 0 Å². The van der Waals surface area contributed by atoms with Crippen LogP contribution in [0.3, 0.4) is 0 Å². The fraction of sp³-hybridized carbons (Fsp3) is 0.200. The molecule has 0 saturated carbocycles. The van der Waals surface area contributed by atoms with E-state index in [1.807, 2.05) is 12.1 Å². The van der Waals surface area contributed by atoms with E-state index in [9.17, 15) is 0 Å². The predicted octanol–water partition coefficient (Wildman–Crippen LogP) is 4.29. The second-order valence-electron chi connectivity index (χ2n) is 4.38. The topological polar surface area (TPSA) is 12.0 Å². The fourth-order valence-corrected chi connectivity index (χ4v) is 2.82. The van der Waals surface area contributed by atoms with E-state index in [0.29, 0.717) is 5.92 Å². The van der Waals surface area contributed by atoms with Gasteiger partial charge in [-0.1, -0.05) is 48.0 Å². The average Bonchev–Trinajstić information content (AvgIpc) is 2.39. The number of hydrogen-bond acceptors (Lipinski definition) is 1. The highest BCUT2D eigenvalue weighted by Crippen LogP contribution is 2.38. The molecule has 0 amide bonds. The molecular weight excluding hydrogens is 230 g/mol. The van der Waals surface area contributed by atoms with E-state index in [-0.39, 0.29) is 0 Å². The van der Waals surface area contributed by atoms with Crippen LogP contribution in [0.1, 0.15) is 23.5 Å². The molecule has 0 bridgehead atoms. The van der Waals surface area contributed by atoms with E-state index < -0.39 is 0 Å². The van der Waals surface area contributed by atoms with Gasteiger partial charge in [0.15, 0.2) is 0 Å². The lowest BCUT2D eigenvalue weighted by molar-refractivity contribution is 0.720. The third-order valence-corrected chi connectivity index (χ3v) is 3.71. The van der Waals surface area contributed by atoms with Crippen LogP contribution in [-0.2, 0) is 0 Å². The van der Waals surface area contributed by atoms with E-state index in [4.69, 9.17) is 11.6 Å². The average molecular weight is 244 g/mol. The molecule has 0 spiro atoms. The third kappa shape index (κ3) is 1.91. The normalized spacial score (nSPS) is 18.3. The van der Waals surface area contributed by atoms with E-state index in [2.05, 4.69) is 41.7 Å². The van der Waals surface area contributed by atoms with Crippen LogP contribution >= 0.6 is 11.6 Å². The number of fused-ring (bicyclic) bond motifs is 1. The molecule has 0 fully saturated rings. The van der Waals surface area contributed by atoms with Crippen molar-refractivity contribution in [3.63, 3.8) is 0 Å². The Balaban J connectivity index is 2.09. The Hall–Kier alpha value is -1.47. The maximum atomic E-state index is 6.30. The van der Waals surface area contributed by atoms with E-state index in [1.54, 1.807) is 0 Å². The van der Waals surface area contributed by atoms with Crippen LogP contribution in [0.25, 0.3) is 0 Å². The SMILES string of the molecule is Clc1ccccc1C1CCNc2ccccc21. The summed E-state index contributed by atoms with van der Waals surface area (Å²) in [5.41, 5.74) is 3.83. The highest BCUT2D eigenvalue weighted by atomic mass is 35.5. The minimum Gasteiger partial charge on any atom is -0.385 e. The Kier molecular flexibility index (Phi) is 2.77. The number of nitrogens with one attached hydrogen (secondary N) is 1. The molecule has 1 aliphatic heterocycles. The van der Waals surface area contributed by atoms with Crippen molar-refractivity contribution in [2.75, 3.05) is 11.9 Å². The lowest BCUT2D eigenvalue weighted by Gasteiger charge is -2.27. The standard InChI is InChI=1S/C15H14ClN/c16-14-7-3-1-5-12(14)11-9-10-17-15-8-4-2-6-13(11)15/h1-8,11,17H,9-10H2. The lowest BCUT2D eigenvalue weighted by Crippen LogP contribution is -2.17. The minimum absolute atomic E-state index is 0.418. The molecule has 0 saturated heterocycles. The van der Waals surface area contributed by atoms with Crippen LogP contribution in [0.2, 0.25) is 5.02 Å². The van der Waals surface area contributed by atoms with Gasteiger partial charge in [0.1, 0.15) is 0 Å². The first kappa shape index (κ1) is 10.7. The molecule has 3 rings (SSSR count). The molecule has 1 unspecified atom stereocenters. The van der Waals surface area contributed by atoms with Gasteiger partial charge < -0.3 is 5.32 Å². The van der Waals surface area contributed by atoms with Crippen molar-refractivity contribution in [2.24, 2.45) is 0 Å². The summed E-state index contributed by atoms with van der Waals surface area (Å²) in [6.45, 7) is 1.01. The van der Waals surface area contributed by atoms with E-state index in [0.717, 1.165) is 18.0 Å². The minimum atomic E-state index is 0.418. The van der Waals surface area contributed by atoms with Crippen molar-refractivity contribution in [3.8, 4) is 0 Å². The van der Waals surface area contributed by atoms with Gasteiger partial charge in [0.05, 0.1) is 0 Å². The zero-order valence-corrected chi connectivity index (χ0v) is 10.2. The second kappa shape index (κ2) is 4.42. The molecule has 17 heavy (non-hydrogen) atoms. The maximum Gasteiger partial charge on any atom is 0.0444 e. The maximum absolute atomic E-state index is 6.30. The summed E-state index contributed by atoms with van der Waals surface area (Å²) in [7, 11) is 0. The van der Waals surface area contributed by atoms with Crippen molar-refractivity contribution >= 4 is 17.3 Å². The summed E-state index contributed by atoms with van der Waals surface area (Å²) in [5.74, 6) is 0.418. The summed E-state index contributed by atoms with van der Waals surface area (Å²) < 4.78 is 0. The molecule has 2 aromatic carbocycles. The molecule has 1 atom stereocenters. The van der Waals surface area contributed by atoms with Crippen molar-refractivity contribution in [1.82, 2.24) is 0 Å². The zero-order chi connectivity index (χ0) is 11.7. The van der Waals surface area contributed by atoms with Gasteiger partial charge in [0.25, 0.3) is 0 Å². The monoisotopic (exact) mass is 243 g/mol. The van der Waals surface area contributed by atoms with Gasteiger partial charge in [0.2, 0.25) is 0 Å². The van der Waals surface area contributed by atoms with Crippen LogP contribution in [0.5, 0.6) is 0 Å². The highest BCUT2D eigenvalue weighted by molar-refractivity contribution is 6.31. The van der Waals surface area contributed by atoms with Crippen molar-refractivity contribution in [2.45, 2.75) is 12.3 Å². The molecule has 0 aliphatic carbocycles. The van der Waals surface area contributed by atoms with Crippen LogP contribution in [0.4, 0.5) is 5.69 Å². The van der Waals surface area contributed by atoms with Gasteiger partial charge >= 0.3 is 0 Å². The number of rotatable bonds is 1. The van der Waals surface area contributed by atoms with E-state index >= 15 is 0 Å². The summed E-state index contributed by atoms with van der Waals surface area (Å²) in [6, 6.07) is 16.6. The molecule has 2 heteroatoms. The lowest BCUT2D eigenvalue weighted by atomic mass is 9.85. The Morgan fingerprint density at radius 2 is 1.65 bits per heavy atom. The molecule has 86 valence electrons. The Morgan fingerprint density at radius 3 is 2.47 bits per heavy atom. The van der Waals surface area contributed by atoms with Crippen LogP contribution < -0.4 is 5.32 Å². The second-order valence-corrected chi connectivity index (χ2v) is 4.78. The molecule has 1 aliphatic rings. The first-order valence-corrected chi connectivity index (χ1v) is 6.31. The predicted molar refractivity (Wildman–Crippen MR) is 72.8 cm³/mol. The number of benzene rings is 2. The zero-order valence-electron chi connectivity index (χ0n) is 9.49. The van der Waals surface area contributed by atoms with Crippen molar-refractivity contribution in [3.05, 3.63) is 64.7 Å². The summed E-state index contributed by atoms with van der Waals surface area (Å²) in [4.78, 5) is 0. The molecule has 2 aromatic rings. The van der Waals surface area contributed by atoms with Crippen LogP contribution in [0, 0.1) is 0 Å². The van der Waals surface area contributed by atoms with Gasteiger partial charge in [-0.25, -0.2) is 0 Å². The molecule has 1 nitrogen and oxygen atoms in total. The first-order valence-electron chi connectivity index (χ1n) is 5.93. The summed E-state index contributed by atoms with van der Waals surface area (Å²) in [5, 5.41) is 4.31. The number of hydrogen-bond donors (Lipinski definition) is 1. The largest absolute Gasteiger partial charge is 0.385 e. The van der Waals surface area contributed by atoms with Gasteiger partial charge in [0, 0.05) is 23.2 Å². The summed E-state index contributed by atoms with van der Waals surface area (Å²) in [6.07, 6.45) is 1.10. The molecule has 1 N–H and O–H groups in total. The Bertz CT molecular complexity index is 536. The molecule has 0 aromatic heterocycles. The van der Waals surface area contributed by atoms with Crippen LogP contribution in [0.15, 0.2) is 48.5 Å². The van der Waals surface area contributed by atoms with Crippen molar-refractivity contribution < 1.29 is 0 Å². The third-order valence-electron chi connectivity index (χ3n) is 3.37. The van der Waals surface area contributed by atoms with Gasteiger partial charge in [-0.05, 0) is 29.7 Å². The van der Waals surface area contributed by atoms with Gasteiger partial charge in [-0.3, -0.25) is 0 Å². The van der Waals surface area contributed by atoms with E-state index in [1.165, 1.54) is 16.8 Å². The molecule has 1 heterocycles.